The first-order chi connectivity index (χ1) is 17.9. The molecule has 0 aromatic heterocycles. The molecule has 3 aromatic rings. The molecule has 3 aromatic carbocycles. The van der Waals surface area contributed by atoms with Crippen molar-refractivity contribution in [2.75, 3.05) is 24.3 Å². The maximum atomic E-state index is 12.4. The molecule has 0 spiro atoms. The zero-order valence-corrected chi connectivity index (χ0v) is 21.9. The van der Waals surface area contributed by atoms with Crippen LogP contribution in [-0.2, 0) is 24.7 Å². The molecule has 0 unspecified atom stereocenters. The van der Waals surface area contributed by atoms with Crippen LogP contribution in [0.2, 0.25) is 0 Å². The average molecular weight is 561 g/mol. The van der Waals surface area contributed by atoms with Crippen LogP contribution in [0.1, 0.15) is 23.7 Å². The minimum Gasteiger partial charge on any atom is -0.465 e. The van der Waals surface area contributed by atoms with E-state index in [1.807, 2.05) is 0 Å². The van der Waals surface area contributed by atoms with Crippen molar-refractivity contribution in [2.45, 2.75) is 23.1 Å². The maximum Gasteiger partial charge on any atom is 0.340 e. The average Bonchev–Trinajstić information content (AvgIpc) is 2.87. The fourth-order valence-electron chi connectivity index (χ4n) is 3.25. The molecule has 0 aliphatic rings. The third kappa shape index (κ3) is 6.37. The summed E-state index contributed by atoms with van der Waals surface area (Å²) in [6.45, 7) is 1.73. The summed E-state index contributed by atoms with van der Waals surface area (Å²) >= 11 is 0. The Balaban J connectivity index is 2.12. The Morgan fingerprint density at radius 2 is 1.58 bits per heavy atom. The van der Waals surface area contributed by atoms with Gasteiger partial charge in [-0.05, 0) is 42.8 Å². The maximum absolute atomic E-state index is 12.4. The van der Waals surface area contributed by atoms with E-state index in [1.54, 1.807) is 19.1 Å². The van der Waals surface area contributed by atoms with Gasteiger partial charge in [-0.1, -0.05) is 25.1 Å². The summed E-state index contributed by atoms with van der Waals surface area (Å²) in [6, 6.07) is 12.6. The Kier molecular flexibility index (Phi) is 8.55. The number of nitrogens with two attached hydrogens (primary N) is 2. The molecule has 0 bridgehead atoms. The number of methoxy groups -OCH3 is 1. The Morgan fingerprint density at radius 3 is 2.24 bits per heavy atom. The Hall–Kier alpha value is -4.21. The molecule has 15 heteroatoms. The molecule has 0 atom stereocenters. The van der Waals surface area contributed by atoms with Gasteiger partial charge in [-0.25, -0.2) is 13.2 Å². The van der Waals surface area contributed by atoms with E-state index in [-0.39, 0.29) is 44.6 Å². The summed E-state index contributed by atoms with van der Waals surface area (Å²) in [5.74, 6) is -0.738. The van der Waals surface area contributed by atoms with Gasteiger partial charge >= 0.3 is 5.97 Å². The number of sulfone groups is 1. The van der Waals surface area contributed by atoms with E-state index in [0.29, 0.717) is 6.42 Å². The molecule has 0 saturated heterocycles. The predicted octanol–water partition coefficient (Wildman–Crippen LogP) is 4.90. The van der Waals surface area contributed by atoms with Crippen molar-refractivity contribution in [1.29, 1.82) is 0 Å². The number of carbonyl (C=O) groups is 1. The highest BCUT2D eigenvalue weighted by atomic mass is 32.2. The van der Waals surface area contributed by atoms with Crippen molar-refractivity contribution >= 4 is 60.0 Å². The van der Waals surface area contributed by atoms with Gasteiger partial charge in [-0.15, -0.1) is 15.3 Å². The highest BCUT2D eigenvalue weighted by Crippen LogP contribution is 2.43. The minimum atomic E-state index is -4.86. The molecule has 0 amide bonds. The molecule has 0 aliphatic carbocycles. The normalized spacial score (nSPS) is 12.3. The van der Waals surface area contributed by atoms with Gasteiger partial charge in [-0.2, -0.15) is 13.5 Å². The summed E-state index contributed by atoms with van der Waals surface area (Å²) in [7, 11) is -7.20. The second-order valence-corrected chi connectivity index (χ2v) is 11.3. The fraction of sp³-hybridized carbons (Fsp3) is 0.174. The van der Waals surface area contributed by atoms with Crippen LogP contribution in [-0.4, -0.2) is 40.2 Å². The smallest absolute Gasteiger partial charge is 0.340 e. The summed E-state index contributed by atoms with van der Waals surface area (Å²) in [5, 5.41) is 15.8. The van der Waals surface area contributed by atoms with Crippen LogP contribution >= 0.6 is 0 Å². The van der Waals surface area contributed by atoms with Crippen molar-refractivity contribution in [3.63, 3.8) is 0 Å². The highest BCUT2D eigenvalue weighted by Gasteiger charge is 2.23. The van der Waals surface area contributed by atoms with E-state index in [9.17, 15) is 26.2 Å². The van der Waals surface area contributed by atoms with Crippen LogP contribution < -0.4 is 11.5 Å². The van der Waals surface area contributed by atoms with Crippen molar-refractivity contribution in [3.8, 4) is 0 Å². The molecule has 0 fully saturated rings. The Bertz CT molecular complexity index is 1650. The molecule has 5 N–H and O–H groups in total. The lowest BCUT2D eigenvalue weighted by Crippen LogP contribution is -2.05. The van der Waals surface area contributed by atoms with Gasteiger partial charge in [0.2, 0.25) is 0 Å². The third-order valence-electron chi connectivity index (χ3n) is 5.09. The number of nitrogens with zero attached hydrogens (tertiary/aromatic N) is 4. The number of esters is 1. The van der Waals surface area contributed by atoms with E-state index < -0.39 is 36.5 Å². The number of nitrogen functional groups attached to an aromatic ring is 2. The molecule has 0 radical (unpaired) electrons. The van der Waals surface area contributed by atoms with Crippen molar-refractivity contribution < 1.29 is 30.9 Å². The zero-order chi connectivity index (χ0) is 28.1. The van der Waals surface area contributed by atoms with Crippen LogP contribution in [0.25, 0.3) is 0 Å². The largest absolute Gasteiger partial charge is 0.465 e. The van der Waals surface area contributed by atoms with E-state index in [0.717, 1.165) is 6.07 Å². The highest BCUT2D eigenvalue weighted by molar-refractivity contribution is 7.91. The monoisotopic (exact) mass is 560 g/mol. The second-order valence-electron chi connectivity index (χ2n) is 7.77. The van der Waals surface area contributed by atoms with Crippen molar-refractivity contribution in [1.82, 2.24) is 0 Å². The van der Waals surface area contributed by atoms with E-state index in [1.165, 1.54) is 43.5 Å². The quantitative estimate of drug-likeness (QED) is 0.140. The molecule has 0 saturated carbocycles. The summed E-state index contributed by atoms with van der Waals surface area (Å²) in [5.41, 5.74) is 11.0. The van der Waals surface area contributed by atoms with Gasteiger partial charge in [-0.3, -0.25) is 4.55 Å². The lowest BCUT2D eigenvalue weighted by Gasteiger charge is -2.10. The van der Waals surface area contributed by atoms with Crippen molar-refractivity contribution in [3.05, 3.63) is 60.2 Å². The minimum absolute atomic E-state index is 0.0298. The van der Waals surface area contributed by atoms with Gasteiger partial charge in [0, 0.05) is 0 Å². The predicted molar refractivity (Wildman–Crippen MR) is 140 cm³/mol. The number of ether oxygens (including phenoxy) is 1. The standard InChI is InChI=1S/C23H24N6O7S2/c1-3-11-37(31,32)15-8-6-7-14(12-15)26-29-22-20(24)18(13-19(21(22)25)38(33,34)35)28-27-17-10-5-4-9-16(17)23(30)36-2/h4-10,12-13H,3,11,24-25H2,1-2H3,(H,33,34,35)/b28-27+,29-26+. The molecule has 200 valence electrons. The first kappa shape index (κ1) is 28.4. The van der Waals surface area contributed by atoms with Crippen LogP contribution in [0, 0.1) is 0 Å². The second kappa shape index (κ2) is 11.5. The summed E-state index contributed by atoms with van der Waals surface area (Å²) in [4.78, 5) is 11.3. The number of hydrogen-bond donors (Lipinski definition) is 3. The number of anilines is 2. The van der Waals surface area contributed by atoms with E-state index in [2.05, 4.69) is 20.5 Å². The van der Waals surface area contributed by atoms with Gasteiger partial charge in [0.15, 0.2) is 9.84 Å². The zero-order valence-electron chi connectivity index (χ0n) is 20.3. The molecule has 38 heavy (non-hydrogen) atoms. The lowest BCUT2D eigenvalue weighted by atomic mass is 10.2. The molecule has 3 rings (SSSR count). The summed E-state index contributed by atoms with van der Waals surface area (Å²) in [6.07, 6.45) is 0.422. The van der Waals surface area contributed by atoms with Crippen LogP contribution in [0.15, 0.2) is 84.8 Å². The van der Waals surface area contributed by atoms with Crippen LogP contribution in [0.5, 0.6) is 0 Å². The van der Waals surface area contributed by atoms with Crippen molar-refractivity contribution in [2.24, 2.45) is 20.5 Å². The van der Waals surface area contributed by atoms with E-state index in [4.69, 9.17) is 16.2 Å². The van der Waals surface area contributed by atoms with Gasteiger partial charge in [0.25, 0.3) is 10.1 Å². The van der Waals surface area contributed by atoms with Gasteiger partial charge in [0.1, 0.15) is 22.0 Å². The molecule has 0 aliphatic heterocycles. The number of benzene rings is 3. The number of azo groups is 2. The third-order valence-corrected chi connectivity index (χ3v) is 7.90. The SMILES string of the molecule is CCCS(=O)(=O)c1cccc(/N=N/c2c(N)c(/N=N/c3ccccc3C(=O)OC)cc(S(=O)(=O)O)c2N)c1. The summed E-state index contributed by atoms with van der Waals surface area (Å²) < 4.78 is 63.1. The molecule has 0 heterocycles. The number of hydrogen-bond acceptors (Lipinski definition) is 12. The molecular weight excluding hydrogens is 536 g/mol. The molecular formula is C23H24N6O7S2. The number of carbonyl (C=O) groups excluding carboxylic acids is 1. The first-order valence-electron chi connectivity index (χ1n) is 10.9. The van der Waals surface area contributed by atoms with Gasteiger partial charge < -0.3 is 16.2 Å². The Morgan fingerprint density at radius 1 is 0.895 bits per heavy atom. The fourth-order valence-corrected chi connectivity index (χ4v) is 5.25. The van der Waals surface area contributed by atoms with E-state index >= 15 is 0 Å². The van der Waals surface area contributed by atoms with Crippen LogP contribution in [0.4, 0.5) is 34.1 Å². The van der Waals surface area contributed by atoms with Crippen LogP contribution in [0.3, 0.4) is 0 Å². The topological polar surface area (TPSA) is 216 Å². The Labute approximate surface area is 218 Å². The molecule has 13 nitrogen and oxygen atoms in total. The van der Waals surface area contributed by atoms with Gasteiger partial charge in [0.05, 0.1) is 40.4 Å². The number of rotatable bonds is 9. The lowest BCUT2D eigenvalue weighted by molar-refractivity contribution is 0.0601. The first-order valence-corrected chi connectivity index (χ1v) is 14.0.